The third-order valence-corrected chi connectivity index (χ3v) is 8.17. The number of para-hydroxylation sites is 1. The number of carbonyl (C=O) groups is 1. The number of carbonyl (C=O) groups excluding carboxylic acids is 1. The van der Waals surface area contributed by atoms with Crippen LogP contribution < -0.4 is 0 Å². The molecule has 0 saturated carbocycles. The van der Waals surface area contributed by atoms with Crippen LogP contribution in [0.3, 0.4) is 0 Å². The van der Waals surface area contributed by atoms with Gasteiger partial charge in [0.2, 0.25) is 0 Å². The maximum Gasteiger partial charge on any atom is 0.253 e. The van der Waals surface area contributed by atoms with Gasteiger partial charge in [0, 0.05) is 30.2 Å². The predicted molar refractivity (Wildman–Crippen MR) is 133 cm³/mol. The molecule has 1 amide bonds. The van der Waals surface area contributed by atoms with E-state index in [1.165, 1.54) is 5.56 Å². The molecule has 0 unspecified atom stereocenters. The highest BCUT2D eigenvalue weighted by atomic mass is 32.2. The van der Waals surface area contributed by atoms with Crippen LogP contribution in [0.2, 0.25) is 0 Å². The summed E-state index contributed by atoms with van der Waals surface area (Å²) in [5.41, 5.74) is 3.86. The van der Waals surface area contributed by atoms with Gasteiger partial charge in [0.15, 0.2) is 9.84 Å². The summed E-state index contributed by atoms with van der Waals surface area (Å²) >= 11 is 0. The molecule has 0 bridgehead atoms. The number of aromatic nitrogens is 1. The first-order valence-corrected chi connectivity index (χ1v) is 13.1. The van der Waals surface area contributed by atoms with Crippen molar-refractivity contribution in [2.45, 2.75) is 24.0 Å². The first kappa shape index (κ1) is 22.3. The Bertz CT molecular complexity index is 1450. The van der Waals surface area contributed by atoms with Crippen molar-refractivity contribution in [3.63, 3.8) is 0 Å². The van der Waals surface area contributed by atoms with Crippen LogP contribution in [0.4, 0.5) is 0 Å². The van der Waals surface area contributed by atoms with Gasteiger partial charge in [0.25, 0.3) is 5.91 Å². The number of likely N-dealkylation sites (tertiary alicyclic amines) is 1. The van der Waals surface area contributed by atoms with Crippen molar-refractivity contribution in [3.8, 4) is 0 Å². The fourth-order valence-electron chi connectivity index (χ4n) is 4.60. The number of pyridine rings is 1. The van der Waals surface area contributed by atoms with Gasteiger partial charge < -0.3 is 4.90 Å². The third kappa shape index (κ3) is 4.46. The summed E-state index contributed by atoms with van der Waals surface area (Å²) in [4.78, 5) is 19.3. The number of nitrogens with zero attached hydrogens (tertiary/aromatic N) is 2. The SMILES string of the molecule is Cc1cc(C(=O)N2CC(Cc3ccccc3)C2)ccc1CS(=O)(=O)c1cccc2cccnc12. The summed E-state index contributed by atoms with van der Waals surface area (Å²) in [6.45, 7) is 3.35. The van der Waals surface area contributed by atoms with E-state index in [1.807, 2.05) is 42.2 Å². The molecule has 5 rings (SSSR count). The number of fused-ring (bicyclic) bond motifs is 1. The molecule has 3 aromatic carbocycles. The van der Waals surface area contributed by atoms with Crippen molar-refractivity contribution >= 4 is 26.6 Å². The summed E-state index contributed by atoms with van der Waals surface area (Å²) in [6, 6.07) is 24.5. The Morgan fingerprint density at radius 1 is 0.971 bits per heavy atom. The van der Waals surface area contributed by atoms with E-state index in [2.05, 4.69) is 17.1 Å². The number of rotatable bonds is 6. The lowest BCUT2D eigenvalue weighted by Gasteiger charge is -2.39. The fraction of sp³-hybridized carbons (Fsp3) is 0.214. The minimum atomic E-state index is -3.60. The van der Waals surface area contributed by atoms with E-state index >= 15 is 0 Å². The lowest BCUT2D eigenvalue weighted by molar-refractivity contribution is 0.0501. The van der Waals surface area contributed by atoms with Crippen LogP contribution >= 0.6 is 0 Å². The smallest absolute Gasteiger partial charge is 0.253 e. The molecule has 1 aromatic heterocycles. The summed E-state index contributed by atoms with van der Waals surface area (Å²) in [7, 11) is -3.60. The average Bonchev–Trinajstić information content (AvgIpc) is 2.82. The van der Waals surface area contributed by atoms with E-state index in [9.17, 15) is 13.2 Å². The first-order valence-electron chi connectivity index (χ1n) is 11.4. The van der Waals surface area contributed by atoms with Crippen molar-refractivity contribution in [1.29, 1.82) is 0 Å². The summed E-state index contributed by atoms with van der Waals surface area (Å²) in [5, 5.41) is 0.793. The summed E-state index contributed by atoms with van der Waals surface area (Å²) in [6.07, 6.45) is 2.58. The number of hydrogen-bond donors (Lipinski definition) is 0. The van der Waals surface area contributed by atoms with Crippen LogP contribution in [0.15, 0.2) is 90.0 Å². The Morgan fingerprint density at radius 2 is 1.74 bits per heavy atom. The molecule has 1 aliphatic heterocycles. The molecule has 1 saturated heterocycles. The van der Waals surface area contributed by atoms with Crippen molar-refractivity contribution in [1.82, 2.24) is 9.88 Å². The van der Waals surface area contributed by atoms with Gasteiger partial charge in [-0.2, -0.15) is 0 Å². The molecule has 0 spiro atoms. The average molecular weight is 471 g/mol. The number of benzene rings is 3. The van der Waals surface area contributed by atoms with Gasteiger partial charge in [-0.1, -0.05) is 54.6 Å². The van der Waals surface area contributed by atoms with Gasteiger partial charge >= 0.3 is 0 Å². The van der Waals surface area contributed by atoms with Crippen LogP contribution in [-0.2, 0) is 22.0 Å². The highest BCUT2D eigenvalue weighted by Gasteiger charge is 2.31. The van der Waals surface area contributed by atoms with E-state index < -0.39 is 9.84 Å². The van der Waals surface area contributed by atoms with Crippen molar-refractivity contribution in [3.05, 3.63) is 107 Å². The Morgan fingerprint density at radius 3 is 2.50 bits per heavy atom. The first-order chi connectivity index (χ1) is 16.4. The highest BCUT2D eigenvalue weighted by Crippen LogP contribution is 2.27. The molecular weight excluding hydrogens is 444 g/mol. The minimum Gasteiger partial charge on any atom is -0.338 e. The summed E-state index contributed by atoms with van der Waals surface area (Å²) in [5.74, 6) is 0.345. The molecular formula is C28H26N2O3S. The Kier molecular flexibility index (Phi) is 5.92. The molecule has 5 nitrogen and oxygen atoms in total. The van der Waals surface area contributed by atoms with Gasteiger partial charge in [-0.3, -0.25) is 9.78 Å². The zero-order chi connectivity index (χ0) is 23.7. The topological polar surface area (TPSA) is 67.3 Å². The second-order valence-corrected chi connectivity index (χ2v) is 11.0. The molecule has 0 aliphatic carbocycles. The van der Waals surface area contributed by atoms with Gasteiger partial charge in [0.1, 0.15) is 0 Å². The molecule has 6 heteroatoms. The minimum absolute atomic E-state index is 0.0000669. The number of amides is 1. The van der Waals surface area contributed by atoms with E-state index in [4.69, 9.17) is 0 Å². The fourth-order valence-corrected chi connectivity index (χ4v) is 6.24. The standard InChI is InChI=1S/C28H26N2O3S/c1-20-15-24(28(31)30-17-22(18-30)16-21-7-3-2-4-8-21)12-13-25(20)19-34(32,33)26-11-5-9-23-10-6-14-29-27(23)26/h2-15,22H,16-19H2,1H3. The maximum atomic E-state index is 13.2. The lowest BCUT2D eigenvalue weighted by Crippen LogP contribution is -2.50. The number of sulfone groups is 1. The van der Waals surface area contributed by atoms with E-state index in [-0.39, 0.29) is 16.6 Å². The van der Waals surface area contributed by atoms with Crippen molar-refractivity contribution in [2.24, 2.45) is 5.92 Å². The zero-order valence-corrected chi connectivity index (χ0v) is 19.8. The number of aryl methyl sites for hydroxylation is 1. The van der Waals surface area contributed by atoms with Crippen molar-refractivity contribution in [2.75, 3.05) is 13.1 Å². The zero-order valence-electron chi connectivity index (χ0n) is 19.0. The molecule has 172 valence electrons. The predicted octanol–water partition coefficient (Wildman–Crippen LogP) is 4.83. The van der Waals surface area contributed by atoms with E-state index in [0.717, 1.165) is 30.5 Å². The van der Waals surface area contributed by atoms with Gasteiger partial charge in [-0.15, -0.1) is 0 Å². The van der Waals surface area contributed by atoms with Gasteiger partial charge in [-0.25, -0.2) is 8.42 Å². The normalized spacial score (nSPS) is 14.2. The second-order valence-electron chi connectivity index (χ2n) is 9.00. The quantitative estimate of drug-likeness (QED) is 0.405. The molecule has 1 aliphatic rings. The molecule has 2 heterocycles. The third-order valence-electron chi connectivity index (χ3n) is 6.48. The molecule has 0 N–H and O–H groups in total. The Hall–Kier alpha value is -3.51. The summed E-state index contributed by atoms with van der Waals surface area (Å²) < 4.78 is 26.4. The van der Waals surface area contributed by atoms with Crippen LogP contribution in [0.25, 0.3) is 10.9 Å². The Balaban J connectivity index is 1.28. The van der Waals surface area contributed by atoms with Crippen LogP contribution in [0.1, 0.15) is 27.0 Å². The molecule has 0 radical (unpaired) electrons. The molecule has 34 heavy (non-hydrogen) atoms. The van der Waals surface area contributed by atoms with Crippen molar-refractivity contribution < 1.29 is 13.2 Å². The number of hydrogen-bond acceptors (Lipinski definition) is 4. The highest BCUT2D eigenvalue weighted by molar-refractivity contribution is 7.90. The van der Waals surface area contributed by atoms with E-state index in [1.54, 1.807) is 42.6 Å². The van der Waals surface area contributed by atoms with Gasteiger partial charge in [-0.05, 0) is 60.2 Å². The molecule has 1 fully saturated rings. The maximum absolute atomic E-state index is 13.2. The molecule has 0 atom stereocenters. The van der Waals surface area contributed by atoms with E-state index in [0.29, 0.717) is 22.6 Å². The monoisotopic (exact) mass is 470 g/mol. The lowest BCUT2D eigenvalue weighted by atomic mass is 9.91. The Labute approximate surface area is 200 Å². The van der Waals surface area contributed by atoms with Crippen LogP contribution in [0.5, 0.6) is 0 Å². The molecule has 4 aromatic rings. The van der Waals surface area contributed by atoms with Crippen LogP contribution in [-0.4, -0.2) is 37.3 Å². The largest absolute Gasteiger partial charge is 0.338 e. The van der Waals surface area contributed by atoms with Gasteiger partial charge in [0.05, 0.1) is 16.2 Å². The second kappa shape index (κ2) is 9.03. The van der Waals surface area contributed by atoms with Crippen LogP contribution in [0, 0.1) is 12.8 Å².